The van der Waals surface area contributed by atoms with E-state index in [0.717, 1.165) is 5.69 Å². The van der Waals surface area contributed by atoms with Gasteiger partial charge in [0.1, 0.15) is 11.5 Å². The van der Waals surface area contributed by atoms with E-state index >= 15 is 0 Å². The molecule has 0 spiro atoms. The number of rotatable bonds is 6. The Hall–Kier alpha value is -2.41. The number of aliphatic hydroxyl groups is 1. The molecule has 0 aliphatic rings. The van der Waals surface area contributed by atoms with Crippen LogP contribution in [0.1, 0.15) is 11.1 Å². The highest BCUT2D eigenvalue weighted by atomic mass is 19.4. The van der Waals surface area contributed by atoms with E-state index in [1.807, 2.05) is 0 Å². The van der Waals surface area contributed by atoms with Crippen LogP contribution < -0.4 is 14.8 Å². The molecule has 124 valence electrons. The third-order valence-corrected chi connectivity index (χ3v) is 3.08. The lowest BCUT2D eigenvalue weighted by atomic mass is 10.1. The standard InChI is InChI=1S/C16H16F3NO3/c1-22-15-6-5-13(8-12(15)10-21)20-9-11-3-2-4-14(7-11)23-16(17,18)19/h2-8,20-21H,9-10H2,1H3. The van der Waals surface area contributed by atoms with Crippen molar-refractivity contribution in [1.29, 1.82) is 0 Å². The molecule has 0 saturated heterocycles. The maximum absolute atomic E-state index is 12.2. The van der Waals surface area contributed by atoms with Crippen molar-refractivity contribution in [3.63, 3.8) is 0 Å². The summed E-state index contributed by atoms with van der Waals surface area (Å²) in [6.07, 6.45) is -4.71. The average molecular weight is 327 g/mol. The van der Waals surface area contributed by atoms with E-state index in [0.29, 0.717) is 23.4 Å². The second-order valence-electron chi connectivity index (χ2n) is 4.73. The normalized spacial score (nSPS) is 11.2. The van der Waals surface area contributed by atoms with Gasteiger partial charge in [-0.3, -0.25) is 0 Å². The number of aliphatic hydroxyl groups excluding tert-OH is 1. The molecule has 2 rings (SSSR count). The minimum absolute atomic E-state index is 0.173. The second kappa shape index (κ2) is 7.23. The molecule has 0 atom stereocenters. The molecule has 0 aliphatic carbocycles. The van der Waals surface area contributed by atoms with E-state index in [9.17, 15) is 18.3 Å². The SMILES string of the molecule is COc1ccc(NCc2cccc(OC(F)(F)F)c2)cc1CO. The average Bonchev–Trinajstić information content (AvgIpc) is 2.51. The number of hydrogen-bond donors (Lipinski definition) is 2. The highest BCUT2D eigenvalue weighted by Gasteiger charge is 2.31. The van der Waals surface area contributed by atoms with Gasteiger partial charge in [-0.05, 0) is 35.9 Å². The molecule has 0 aliphatic heterocycles. The molecule has 0 amide bonds. The van der Waals surface area contributed by atoms with Gasteiger partial charge in [0.05, 0.1) is 13.7 Å². The van der Waals surface area contributed by atoms with Gasteiger partial charge in [-0.1, -0.05) is 12.1 Å². The number of anilines is 1. The largest absolute Gasteiger partial charge is 0.573 e. The van der Waals surface area contributed by atoms with Crippen LogP contribution in [0.2, 0.25) is 0 Å². The fraction of sp³-hybridized carbons (Fsp3) is 0.250. The van der Waals surface area contributed by atoms with Gasteiger partial charge in [0.25, 0.3) is 0 Å². The maximum Gasteiger partial charge on any atom is 0.573 e. The fourth-order valence-electron chi connectivity index (χ4n) is 2.07. The van der Waals surface area contributed by atoms with Crippen molar-refractivity contribution in [1.82, 2.24) is 0 Å². The predicted molar refractivity (Wildman–Crippen MR) is 79.4 cm³/mol. The number of halogens is 3. The van der Waals surface area contributed by atoms with E-state index in [2.05, 4.69) is 10.1 Å². The fourth-order valence-corrected chi connectivity index (χ4v) is 2.07. The van der Waals surface area contributed by atoms with E-state index in [4.69, 9.17) is 4.74 Å². The number of hydrogen-bond acceptors (Lipinski definition) is 4. The van der Waals surface area contributed by atoms with Crippen LogP contribution in [0.4, 0.5) is 18.9 Å². The van der Waals surface area contributed by atoms with Crippen molar-refractivity contribution >= 4 is 5.69 Å². The quantitative estimate of drug-likeness (QED) is 0.849. The number of alkyl halides is 3. The summed E-state index contributed by atoms with van der Waals surface area (Å²) in [5.74, 6) is 0.307. The Morgan fingerprint density at radius 3 is 2.57 bits per heavy atom. The lowest BCUT2D eigenvalue weighted by Crippen LogP contribution is -2.17. The first-order chi connectivity index (χ1) is 10.9. The summed E-state index contributed by atoms with van der Waals surface area (Å²) in [6.45, 7) is 0.139. The Kier molecular flexibility index (Phi) is 5.33. The van der Waals surface area contributed by atoms with Gasteiger partial charge >= 0.3 is 6.36 Å². The van der Waals surface area contributed by atoms with Crippen LogP contribution in [-0.4, -0.2) is 18.6 Å². The molecule has 0 fully saturated rings. The van der Waals surface area contributed by atoms with Crippen molar-refractivity contribution in [3.05, 3.63) is 53.6 Å². The predicted octanol–water partition coefficient (Wildman–Crippen LogP) is 3.70. The van der Waals surface area contributed by atoms with Gasteiger partial charge in [-0.2, -0.15) is 0 Å². The summed E-state index contributed by atoms with van der Waals surface area (Å²) in [5, 5.41) is 12.3. The zero-order chi connectivity index (χ0) is 16.9. The summed E-state index contributed by atoms with van der Waals surface area (Å²) >= 11 is 0. The third kappa shape index (κ3) is 5.07. The Balaban J connectivity index is 2.05. The van der Waals surface area contributed by atoms with Crippen molar-refractivity contribution < 1.29 is 27.8 Å². The Morgan fingerprint density at radius 2 is 1.91 bits per heavy atom. The van der Waals surface area contributed by atoms with E-state index in [-0.39, 0.29) is 12.4 Å². The van der Waals surface area contributed by atoms with Crippen molar-refractivity contribution in [2.45, 2.75) is 19.5 Å². The molecule has 2 aromatic carbocycles. The van der Waals surface area contributed by atoms with Crippen LogP contribution >= 0.6 is 0 Å². The summed E-state index contributed by atoms with van der Waals surface area (Å²) in [5.41, 5.74) is 1.97. The molecule has 2 aromatic rings. The first-order valence-corrected chi connectivity index (χ1v) is 6.77. The van der Waals surface area contributed by atoms with Crippen LogP contribution in [-0.2, 0) is 13.2 Å². The monoisotopic (exact) mass is 327 g/mol. The van der Waals surface area contributed by atoms with Gasteiger partial charge in [-0.15, -0.1) is 13.2 Å². The third-order valence-electron chi connectivity index (χ3n) is 3.08. The zero-order valence-electron chi connectivity index (χ0n) is 12.4. The van der Waals surface area contributed by atoms with Crippen molar-refractivity contribution in [2.24, 2.45) is 0 Å². The Bertz CT molecular complexity index is 659. The number of ether oxygens (including phenoxy) is 2. The topological polar surface area (TPSA) is 50.7 Å². The van der Waals surface area contributed by atoms with Gasteiger partial charge in [-0.25, -0.2) is 0 Å². The first-order valence-electron chi connectivity index (χ1n) is 6.77. The van der Waals surface area contributed by atoms with Gasteiger partial charge in [0.15, 0.2) is 0 Å². The molecule has 0 saturated carbocycles. The lowest BCUT2D eigenvalue weighted by Gasteiger charge is -2.12. The highest BCUT2D eigenvalue weighted by molar-refractivity contribution is 5.51. The molecule has 23 heavy (non-hydrogen) atoms. The number of benzene rings is 2. The van der Waals surface area contributed by atoms with Gasteiger partial charge in [0.2, 0.25) is 0 Å². The highest BCUT2D eigenvalue weighted by Crippen LogP contribution is 2.25. The molecule has 0 radical (unpaired) electrons. The first kappa shape index (κ1) is 17.0. The second-order valence-corrected chi connectivity index (χ2v) is 4.73. The minimum Gasteiger partial charge on any atom is -0.496 e. The van der Waals surface area contributed by atoms with Crippen molar-refractivity contribution in [2.75, 3.05) is 12.4 Å². The van der Waals surface area contributed by atoms with E-state index in [1.54, 1.807) is 24.3 Å². The lowest BCUT2D eigenvalue weighted by molar-refractivity contribution is -0.274. The van der Waals surface area contributed by atoms with Crippen molar-refractivity contribution in [3.8, 4) is 11.5 Å². The molecular formula is C16H16F3NO3. The zero-order valence-corrected chi connectivity index (χ0v) is 12.4. The summed E-state index contributed by atoms with van der Waals surface area (Å²) in [6, 6.07) is 10.9. The van der Waals surface area contributed by atoms with Gasteiger partial charge in [0, 0.05) is 17.8 Å². The van der Waals surface area contributed by atoms with Crippen LogP contribution in [0.15, 0.2) is 42.5 Å². The van der Waals surface area contributed by atoms with Crippen LogP contribution in [0.25, 0.3) is 0 Å². The molecule has 7 heteroatoms. The molecule has 0 aromatic heterocycles. The maximum atomic E-state index is 12.2. The number of nitrogens with one attached hydrogen (secondary N) is 1. The van der Waals surface area contributed by atoms with Crippen LogP contribution in [0.3, 0.4) is 0 Å². The van der Waals surface area contributed by atoms with E-state index < -0.39 is 6.36 Å². The summed E-state index contributed by atoms with van der Waals surface area (Å²) in [4.78, 5) is 0. The Morgan fingerprint density at radius 1 is 1.13 bits per heavy atom. The molecule has 2 N–H and O–H groups in total. The van der Waals surface area contributed by atoms with E-state index in [1.165, 1.54) is 25.3 Å². The van der Waals surface area contributed by atoms with Gasteiger partial charge < -0.3 is 19.9 Å². The Labute approximate surface area is 131 Å². The smallest absolute Gasteiger partial charge is 0.496 e. The molecular weight excluding hydrogens is 311 g/mol. The number of methoxy groups -OCH3 is 1. The van der Waals surface area contributed by atoms with Crippen LogP contribution in [0, 0.1) is 0 Å². The molecule has 0 bridgehead atoms. The summed E-state index contributed by atoms with van der Waals surface area (Å²) < 4.78 is 45.6. The molecule has 4 nitrogen and oxygen atoms in total. The van der Waals surface area contributed by atoms with Crippen LogP contribution in [0.5, 0.6) is 11.5 Å². The minimum atomic E-state index is -4.71. The summed E-state index contributed by atoms with van der Waals surface area (Å²) in [7, 11) is 1.51. The molecule has 0 heterocycles. The molecule has 0 unspecified atom stereocenters.